The second-order valence-corrected chi connectivity index (χ2v) is 9.23. The summed E-state index contributed by atoms with van der Waals surface area (Å²) in [5.41, 5.74) is 2.18. The second kappa shape index (κ2) is 12.1. The van der Waals surface area contributed by atoms with Crippen LogP contribution in [0.25, 0.3) is 16.7 Å². The zero-order valence-corrected chi connectivity index (χ0v) is 22.8. The Morgan fingerprint density at radius 1 is 1.15 bits per heavy atom. The van der Waals surface area contributed by atoms with E-state index in [2.05, 4.69) is 32.1 Å². The molecule has 40 heavy (non-hydrogen) atoms. The first-order valence-corrected chi connectivity index (χ1v) is 12.4. The maximum atomic E-state index is 13.1. The number of hydrogen-bond acceptors (Lipinski definition) is 9. The monoisotopic (exact) mass is 538 g/mol. The van der Waals surface area contributed by atoms with Gasteiger partial charge in [-0.25, -0.2) is 4.98 Å². The number of nitrogens with one attached hydrogen (secondary N) is 2. The van der Waals surface area contributed by atoms with Crippen LogP contribution in [-0.4, -0.2) is 66.7 Å². The SMILES string of the molecule is C=CC(=O)Nc1cc(Nc2ncc3cc(C#N)c(=O)n(-c4ccccc4)c3n2)c(OC)cc1N(C)CCN(C)C. The molecule has 11 heteroatoms. The highest BCUT2D eigenvalue weighted by Crippen LogP contribution is 2.38. The standard InChI is InChI=1S/C29H30N8O3/c1-6-26(38)32-22-15-23(25(40-5)16-24(22)36(4)13-12-35(2)3)33-29-31-18-20-14-19(17-30)28(39)37(27(20)34-29)21-10-8-7-9-11-21/h6-11,14-16,18H,1,12-13H2,2-5H3,(H,32,38)(H,31,33,34). The normalized spacial score (nSPS) is 10.7. The Morgan fingerprint density at radius 3 is 2.55 bits per heavy atom. The van der Waals surface area contributed by atoms with Crippen molar-refractivity contribution in [2.75, 3.05) is 56.9 Å². The summed E-state index contributed by atoms with van der Waals surface area (Å²) in [5.74, 6) is 0.321. The fraction of sp³-hybridized carbons (Fsp3) is 0.207. The van der Waals surface area contributed by atoms with Gasteiger partial charge in [-0.15, -0.1) is 0 Å². The molecule has 0 bridgehead atoms. The average molecular weight is 539 g/mol. The van der Waals surface area contributed by atoms with E-state index in [1.807, 2.05) is 44.2 Å². The van der Waals surface area contributed by atoms with Crippen LogP contribution in [-0.2, 0) is 4.79 Å². The van der Waals surface area contributed by atoms with E-state index in [-0.39, 0.29) is 17.4 Å². The molecule has 2 N–H and O–H groups in total. The zero-order valence-electron chi connectivity index (χ0n) is 22.8. The summed E-state index contributed by atoms with van der Waals surface area (Å²) in [5, 5.41) is 16.1. The molecule has 4 aromatic rings. The molecule has 0 radical (unpaired) electrons. The van der Waals surface area contributed by atoms with Crippen LogP contribution >= 0.6 is 0 Å². The lowest BCUT2D eigenvalue weighted by molar-refractivity contribution is -0.111. The van der Waals surface area contributed by atoms with Gasteiger partial charge in [-0.1, -0.05) is 24.8 Å². The Labute approximate surface area is 232 Å². The second-order valence-electron chi connectivity index (χ2n) is 9.23. The molecule has 0 saturated carbocycles. The molecular formula is C29H30N8O3. The summed E-state index contributed by atoms with van der Waals surface area (Å²) < 4.78 is 7.06. The van der Waals surface area contributed by atoms with E-state index >= 15 is 0 Å². The summed E-state index contributed by atoms with van der Waals surface area (Å²) in [6.07, 6.45) is 2.74. The number of anilines is 4. The number of aromatic nitrogens is 3. The number of carbonyl (C=O) groups is 1. The lowest BCUT2D eigenvalue weighted by Crippen LogP contribution is -2.29. The number of nitriles is 1. The predicted octanol–water partition coefficient (Wildman–Crippen LogP) is 3.53. The molecular weight excluding hydrogens is 508 g/mol. The lowest BCUT2D eigenvalue weighted by atomic mass is 10.2. The quantitative estimate of drug-likeness (QED) is 0.291. The Morgan fingerprint density at radius 2 is 1.90 bits per heavy atom. The lowest BCUT2D eigenvalue weighted by Gasteiger charge is -2.26. The predicted molar refractivity (Wildman–Crippen MR) is 157 cm³/mol. The van der Waals surface area contributed by atoms with Gasteiger partial charge in [-0.05, 0) is 44.4 Å². The third-order valence-electron chi connectivity index (χ3n) is 6.18. The molecule has 204 valence electrons. The number of rotatable bonds is 10. The molecule has 0 unspecified atom stereocenters. The number of amides is 1. The number of carbonyl (C=O) groups excluding carboxylic acids is 1. The minimum absolute atomic E-state index is 0.0149. The van der Waals surface area contributed by atoms with Gasteiger partial charge in [0.1, 0.15) is 17.4 Å². The maximum Gasteiger partial charge on any atom is 0.274 e. The van der Waals surface area contributed by atoms with Crippen molar-refractivity contribution in [1.82, 2.24) is 19.4 Å². The molecule has 2 aromatic heterocycles. The number of benzene rings is 2. The van der Waals surface area contributed by atoms with Crippen LogP contribution in [0.2, 0.25) is 0 Å². The Balaban J connectivity index is 1.82. The number of methoxy groups -OCH3 is 1. The van der Waals surface area contributed by atoms with Gasteiger partial charge in [-0.2, -0.15) is 10.2 Å². The van der Waals surface area contributed by atoms with Crippen molar-refractivity contribution in [2.45, 2.75) is 0 Å². The van der Waals surface area contributed by atoms with Crippen LogP contribution in [0.3, 0.4) is 0 Å². The van der Waals surface area contributed by atoms with E-state index in [9.17, 15) is 14.9 Å². The third kappa shape index (κ3) is 5.92. The van der Waals surface area contributed by atoms with Gasteiger partial charge in [0.15, 0.2) is 5.65 Å². The van der Waals surface area contributed by atoms with E-state index in [1.54, 1.807) is 43.6 Å². The highest BCUT2D eigenvalue weighted by Gasteiger charge is 2.18. The molecule has 0 aliphatic rings. The largest absolute Gasteiger partial charge is 0.494 e. The van der Waals surface area contributed by atoms with Crippen molar-refractivity contribution < 1.29 is 9.53 Å². The molecule has 11 nitrogen and oxygen atoms in total. The number of fused-ring (bicyclic) bond motifs is 1. The van der Waals surface area contributed by atoms with Gasteiger partial charge in [0, 0.05) is 37.8 Å². The summed E-state index contributed by atoms with van der Waals surface area (Å²) in [4.78, 5) is 38.5. The zero-order chi connectivity index (χ0) is 28.8. The Hall–Kier alpha value is -5.21. The molecule has 0 spiro atoms. The number of ether oxygens (including phenoxy) is 1. The molecule has 0 atom stereocenters. The summed E-state index contributed by atoms with van der Waals surface area (Å²) in [7, 11) is 7.46. The van der Waals surface area contributed by atoms with Crippen LogP contribution in [0.4, 0.5) is 23.0 Å². The molecule has 1 amide bonds. The van der Waals surface area contributed by atoms with Gasteiger partial charge in [-0.3, -0.25) is 14.2 Å². The summed E-state index contributed by atoms with van der Waals surface area (Å²) in [6.45, 7) is 5.06. The van der Waals surface area contributed by atoms with Gasteiger partial charge in [0.05, 0.1) is 29.9 Å². The average Bonchev–Trinajstić information content (AvgIpc) is 2.96. The molecule has 2 aromatic carbocycles. The van der Waals surface area contributed by atoms with Gasteiger partial charge < -0.3 is 25.2 Å². The van der Waals surface area contributed by atoms with E-state index in [0.29, 0.717) is 40.4 Å². The highest BCUT2D eigenvalue weighted by molar-refractivity contribution is 6.02. The number of nitrogens with zero attached hydrogens (tertiary/aromatic N) is 6. The van der Waals surface area contributed by atoms with Gasteiger partial charge in [0.2, 0.25) is 11.9 Å². The fourth-order valence-electron chi connectivity index (χ4n) is 4.08. The Kier molecular flexibility index (Phi) is 8.42. The topological polar surface area (TPSA) is 128 Å². The number of likely N-dealkylation sites (N-methyl/N-ethyl adjacent to an activating group) is 2. The number of hydrogen-bond donors (Lipinski definition) is 2. The van der Waals surface area contributed by atoms with Crippen LogP contribution in [0, 0.1) is 11.3 Å². The number of pyridine rings is 1. The first-order chi connectivity index (χ1) is 19.2. The van der Waals surface area contributed by atoms with Crippen molar-refractivity contribution >= 4 is 40.0 Å². The Bertz CT molecular complexity index is 1660. The van der Waals surface area contributed by atoms with Crippen LogP contribution in [0.15, 0.2) is 72.2 Å². The first-order valence-electron chi connectivity index (χ1n) is 12.4. The summed E-state index contributed by atoms with van der Waals surface area (Å²) in [6, 6.07) is 15.9. The minimum Gasteiger partial charge on any atom is -0.494 e. The van der Waals surface area contributed by atoms with Crippen LogP contribution in [0.5, 0.6) is 5.75 Å². The van der Waals surface area contributed by atoms with Crippen LogP contribution < -0.4 is 25.8 Å². The molecule has 4 rings (SSSR count). The first kappa shape index (κ1) is 27.8. The van der Waals surface area contributed by atoms with Crippen molar-refractivity contribution in [3.8, 4) is 17.5 Å². The minimum atomic E-state index is -0.483. The smallest absolute Gasteiger partial charge is 0.274 e. The van der Waals surface area contributed by atoms with Gasteiger partial charge in [0.25, 0.3) is 5.56 Å². The van der Waals surface area contributed by atoms with E-state index < -0.39 is 5.56 Å². The molecule has 0 aliphatic heterocycles. The maximum absolute atomic E-state index is 13.1. The van der Waals surface area contributed by atoms with E-state index in [4.69, 9.17) is 4.74 Å². The fourth-order valence-corrected chi connectivity index (χ4v) is 4.08. The number of para-hydroxylation sites is 1. The third-order valence-corrected chi connectivity index (χ3v) is 6.18. The molecule has 0 saturated heterocycles. The van der Waals surface area contributed by atoms with E-state index in [1.165, 1.54) is 16.7 Å². The van der Waals surface area contributed by atoms with Crippen molar-refractivity contribution in [3.63, 3.8) is 0 Å². The van der Waals surface area contributed by atoms with Crippen LogP contribution in [0.1, 0.15) is 5.56 Å². The molecule has 2 heterocycles. The van der Waals surface area contributed by atoms with Crippen molar-refractivity contribution in [1.29, 1.82) is 5.26 Å². The van der Waals surface area contributed by atoms with Crippen molar-refractivity contribution in [3.05, 3.63) is 83.3 Å². The van der Waals surface area contributed by atoms with Gasteiger partial charge >= 0.3 is 0 Å². The van der Waals surface area contributed by atoms with Crippen molar-refractivity contribution in [2.24, 2.45) is 0 Å². The summed E-state index contributed by atoms with van der Waals surface area (Å²) >= 11 is 0. The van der Waals surface area contributed by atoms with E-state index in [0.717, 1.165) is 12.2 Å². The molecule has 0 fully saturated rings. The highest BCUT2D eigenvalue weighted by atomic mass is 16.5. The molecule has 0 aliphatic carbocycles.